The summed E-state index contributed by atoms with van der Waals surface area (Å²) in [7, 11) is 1.57. The van der Waals surface area contributed by atoms with Crippen molar-refractivity contribution in [3.63, 3.8) is 0 Å². The van der Waals surface area contributed by atoms with Crippen LogP contribution in [0.25, 0.3) is 0 Å². The normalized spacial score (nSPS) is 13.2. The summed E-state index contributed by atoms with van der Waals surface area (Å²) >= 11 is 0. The SMILES string of the molecule is CCNc1nc(N(C)C(C)CO)cc(C(F)(F)F)n1. The third-order valence-corrected chi connectivity index (χ3v) is 2.62. The second-order valence-corrected chi connectivity index (χ2v) is 4.11. The van der Waals surface area contributed by atoms with Crippen LogP contribution in [0, 0.1) is 0 Å². The van der Waals surface area contributed by atoms with Crippen molar-refractivity contribution in [1.29, 1.82) is 0 Å². The topological polar surface area (TPSA) is 61.3 Å². The Morgan fingerprint density at radius 3 is 2.53 bits per heavy atom. The summed E-state index contributed by atoms with van der Waals surface area (Å²) in [6.45, 7) is 3.66. The van der Waals surface area contributed by atoms with E-state index in [1.165, 1.54) is 4.90 Å². The lowest BCUT2D eigenvalue weighted by Gasteiger charge is -2.25. The highest BCUT2D eigenvalue weighted by atomic mass is 19.4. The van der Waals surface area contributed by atoms with E-state index < -0.39 is 11.9 Å². The number of aliphatic hydroxyl groups is 1. The zero-order valence-electron chi connectivity index (χ0n) is 11.0. The second-order valence-electron chi connectivity index (χ2n) is 4.11. The standard InChI is InChI=1S/C11H17F3N4O/c1-4-15-10-16-8(11(12,13)14)5-9(17-10)18(3)7(2)6-19/h5,7,19H,4,6H2,1-3H3,(H,15,16,17). The van der Waals surface area contributed by atoms with Gasteiger partial charge in [0.25, 0.3) is 0 Å². The van der Waals surface area contributed by atoms with Crippen LogP contribution < -0.4 is 10.2 Å². The summed E-state index contributed by atoms with van der Waals surface area (Å²) in [5, 5.41) is 11.7. The van der Waals surface area contributed by atoms with Crippen molar-refractivity contribution < 1.29 is 18.3 Å². The quantitative estimate of drug-likeness (QED) is 0.859. The third kappa shape index (κ3) is 3.95. The fourth-order valence-electron chi connectivity index (χ4n) is 1.35. The third-order valence-electron chi connectivity index (χ3n) is 2.62. The Morgan fingerprint density at radius 1 is 1.42 bits per heavy atom. The van der Waals surface area contributed by atoms with Crippen molar-refractivity contribution in [2.24, 2.45) is 0 Å². The van der Waals surface area contributed by atoms with Crippen LogP contribution in [0.5, 0.6) is 0 Å². The van der Waals surface area contributed by atoms with E-state index >= 15 is 0 Å². The summed E-state index contributed by atoms with van der Waals surface area (Å²) in [6, 6.07) is 0.526. The molecular weight excluding hydrogens is 261 g/mol. The predicted octanol–water partition coefficient (Wildman–Crippen LogP) is 1.74. The predicted molar refractivity (Wildman–Crippen MR) is 66.1 cm³/mol. The van der Waals surface area contributed by atoms with Crippen molar-refractivity contribution in [1.82, 2.24) is 9.97 Å². The molecule has 1 aromatic rings. The lowest BCUT2D eigenvalue weighted by Crippen LogP contribution is -2.33. The van der Waals surface area contributed by atoms with E-state index in [0.29, 0.717) is 6.54 Å². The monoisotopic (exact) mass is 278 g/mol. The molecule has 0 aliphatic carbocycles. The van der Waals surface area contributed by atoms with Crippen LogP contribution in [0.15, 0.2) is 6.07 Å². The minimum atomic E-state index is -4.54. The number of halogens is 3. The molecule has 108 valence electrons. The van der Waals surface area contributed by atoms with Gasteiger partial charge in [0.2, 0.25) is 5.95 Å². The van der Waals surface area contributed by atoms with Crippen LogP contribution >= 0.6 is 0 Å². The molecular formula is C11H17F3N4O. The Bertz CT molecular complexity index is 425. The minimum absolute atomic E-state index is 0.0793. The Morgan fingerprint density at radius 2 is 2.05 bits per heavy atom. The fourth-order valence-corrected chi connectivity index (χ4v) is 1.35. The Hall–Kier alpha value is -1.57. The molecule has 0 saturated carbocycles. The maximum Gasteiger partial charge on any atom is 0.433 e. The summed E-state index contributed by atoms with van der Waals surface area (Å²) < 4.78 is 38.2. The highest BCUT2D eigenvalue weighted by molar-refractivity contribution is 5.45. The first-order valence-corrected chi connectivity index (χ1v) is 5.83. The number of aromatic nitrogens is 2. The van der Waals surface area contributed by atoms with E-state index in [-0.39, 0.29) is 24.4 Å². The molecule has 1 heterocycles. The fraction of sp³-hybridized carbons (Fsp3) is 0.636. The zero-order valence-corrected chi connectivity index (χ0v) is 11.0. The number of nitrogens with one attached hydrogen (secondary N) is 1. The van der Waals surface area contributed by atoms with Crippen molar-refractivity contribution in [3.05, 3.63) is 11.8 Å². The van der Waals surface area contributed by atoms with E-state index in [1.54, 1.807) is 20.9 Å². The molecule has 0 bridgehead atoms. The molecule has 1 aromatic heterocycles. The van der Waals surface area contributed by atoms with Gasteiger partial charge in [-0.2, -0.15) is 18.2 Å². The highest BCUT2D eigenvalue weighted by Crippen LogP contribution is 2.30. The van der Waals surface area contributed by atoms with Crippen LogP contribution in [-0.2, 0) is 6.18 Å². The summed E-state index contributed by atoms with van der Waals surface area (Å²) in [6.07, 6.45) is -4.54. The lowest BCUT2D eigenvalue weighted by molar-refractivity contribution is -0.141. The molecule has 0 aromatic carbocycles. The average molecular weight is 278 g/mol. The van der Waals surface area contributed by atoms with Gasteiger partial charge in [0, 0.05) is 19.7 Å². The first kappa shape index (κ1) is 15.5. The smallest absolute Gasteiger partial charge is 0.394 e. The van der Waals surface area contributed by atoms with Gasteiger partial charge < -0.3 is 15.3 Å². The largest absolute Gasteiger partial charge is 0.433 e. The van der Waals surface area contributed by atoms with Gasteiger partial charge in [-0.1, -0.05) is 0 Å². The average Bonchev–Trinajstić information content (AvgIpc) is 2.36. The van der Waals surface area contributed by atoms with Gasteiger partial charge in [-0.15, -0.1) is 0 Å². The molecule has 1 unspecified atom stereocenters. The molecule has 8 heteroatoms. The molecule has 0 radical (unpaired) electrons. The first-order valence-electron chi connectivity index (χ1n) is 5.83. The van der Waals surface area contributed by atoms with E-state index in [2.05, 4.69) is 15.3 Å². The van der Waals surface area contributed by atoms with Gasteiger partial charge in [0.05, 0.1) is 12.6 Å². The van der Waals surface area contributed by atoms with Crippen molar-refractivity contribution in [2.75, 3.05) is 30.4 Å². The number of nitrogens with zero attached hydrogens (tertiary/aromatic N) is 3. The number of aliphatic hydroxyl groups excluding tert-OH is 1. The number of hydrogen-bond acceptors (Lipinski definition) is 5. The highest BCUT2D eigenvalue weighted by Gasteiger charge is 2.34. The maximum atomic E-state index is 12.7. The van der Waals surface area contributed by atoms with Gasteiger partial charge >= 0.3 is 6.18 Å². The van der Waals surface area contributed by atoms with Gasteiger partial charge in [0.15, 0.2) is 5.69 Å². The molecule has 0 spiro atoms. The van der Waals surface area contributed by atoms with Crippen LogP contribution in [0.3, 0.4) is 0 Å². The van der Waals surface area contributed by atoms with Crippen LogP contribution in [-0.4, -0.2) is 41.3 Å². The number of likely N-dealkylation sites (N-methyl/N-ethyl adjacent to an activating group) is 1. The molecule has 0 aliphatic heterocycles. The molecule has 1 atom stereocenters. The van der Waals surface area contributed by atoms with E-state index in [4.69, 9.17) is 5.11 Å². The van der Waals surface area contributed by atoms with Crippen LogP contribution in [0.2, 0.25) is 0 Å². The van der Waals surface area contributed by atoms with Crippen LogP contribution in [0.1, 0.15) is 19.5 Å². The zero-order chi connectivity index (χ0) is 14.6. The Labute approximate surface area is 109 Å². The lowest BCUT2D eigenvalue weighted by atomic mass is 10.3. The molecule has 0 amide bonds. The number of anilines is 2. The number of hydrogen-bond donors (Lipinski definition) is 2. The van der Waals surface area contributed by atoms with Crippen molar-refractivity contribution in [3.8, 4) is 0 Å². The summed E-state index contributed by atoms with van der Waals surface area (Å²) in [5.74, 6) is 0.0316. The van der Waals surface area contributed by atoms with Crippen LogP contribution in [0.4, 0.5) is 24.9 Å². The molecule has 19 heavy (non-hydrogen) atoms. The van der Waals surface area contributed by atoms with E-state index in [9.17, 15) is 13.2 Å². The van der Waals surface area contributed by atoms with Crippen molar-refractivity contribution in [2.45, 2.75) is 26.1 Å². The van der Waals surface area contributed by atoms with Gasteiger partial charge in [-0.3, -0.25) is 0 Å². The van der Waals surface area contributed by atoms with Gasteiger partial charge in [-0.25, -0.2) is 4.98 Å². The first-order chi connectivity index (χ1) is 8.79. The molecule has 0 fully saturated rings. The van der Waals surface area contributed by atoms with E-state index in [1.807, 2.05) is 0 Å². The second kappa shape index (κ2) is 6.05. The molecule has 0 aliphatic rings. The number of alkyl halides is 3. The Balaban J connectivity index is 3.20. The maximum absolute atomic E-state index is 12.7. The van der Waals surface area contributed by atoms with Crippen molar-refractivity contribution >= 4 is 11.8 Å². The van der Waals surface area contributed by atoms with E-state index in [0.717, 1.165) is 6.07 Å². The molecule has 1 rings (SSSR count). The molecule has 0 saturated heterocycles. The molecule has 5 nitrogen and oxygen atoms in total. The summed E-state index contributed by atoms with van der Waals surface area (Å²) in [4.78, 5) is 8.89. The molecule has 2 N–H and O–H groups in total. The number of rotatable bonds is 5. The van der Waals surface area contributed by atoms with Gasteiger partial charge in [0.1, 0.15) is 5.82 Å². The van der Waals surface area contributed by atoms with Gasteiger partial charge in [-0.05, 0) is 13.8 Å². The Kier molecular flexibility index (Phi) is 4.93. The summed E-state index contributed by atoms with van der Waals surface area (Å²) in [5.41, 5.74) is -1.01. The minimum Gasteiger partial charge on any atom is -0.394 e.